The summed E-state index contributed by atoms with van der Waals surface area (Å²) in [6, 6.07) is 7.06. The number of hydrogen-bond acceptors (Lipinski definition) is 3. The van der Waals surface area contributed by atoms with Crippen LogP contribution in [0.3, 0.4) is 0 Å². The van der Waals surface area contributed by atoms with Crippen molar-refractivity contribution in [3.8, 4) is 23.0 Å². The summed E-state index contributed by atoms with van der Waals surface area (Å²) < 4.78 is 16.5. The standard InChI is InChI=1S/C16H19O4/c1-4-18-13-9-8-12-11(15(13)17)7-10-14(19-5-2)16(12)20-6-3/h7-10H,4-6H2,1-3H3. The van der Waals surface area contributed by atoms with E-state index in [4.69, 9.17) is 14.2 Å². The third kappa shape index (κ3) is 2.59. The third-order valence-corrected chi connectivity index (χ3v) is 2.92. The van der Waals surface area contributed by atoms with E-state index in [1.807, 2.05) is 26.8 Å². The fourth-order valence-corrected chi connectivity index (χ4v) is 2.14. The molecule has 2 aromatic rings. The second kappa shape index (κ2) is 6.37. The second-order valence-electron chi connectivity index (χ2n) is 4.18. The van der Waals surface area contributed by atoms with Crippen molar-refractivity contribution in [2.45, 2.75) is 20.8 Å². The van der Waals surface area contributed by atoms with Gasteiger partial charge in [0.15, 0.2) is 17.2 Å². The van der Waals surface area contributed by atoms with Crippen molar-refractivity contribution in [2.75, 3.05) is 19.8 Å². The van der Waals surface area contributed by atoms with E-state index in [2.05, 4.69) is 0 Å². The molecule has 0 aliphatic rings. The molecule has 0 N–H and O–H groups in total. The molecule has 20 heavy (non-hydrogen) atoms. The van der Waals surface area contributed by atoms with Crippen molar-refractivity contribution in [2.24, 2.45) is 0 Å². The van der Waals surface area contributed by atoms with Crippen LogP contribution in [-0.2, 0) is 5.11 Å². The van der Waals surface area contributed by atoms with Gasteiger partial charge in [-0.3, -0.25) is 5.11 Å². The molecule has 0 bridgehead atoms. The maximum absolute atomic E-state index is 12.3. The van der Waals surface area contributed by atoms with Crippen LogP contribution in [0.5, 0.6) is 23.0 Å². The number of rotatable bonds is 6. The highest BCUT2D eigenvalue weighted by Crippen LogP contribution is 2.43. The average molecular weight is 275 g/mol. The minimum absolute atomic E-state index is 0.117. The van der Waals surface area contributed by atoms with Crippen LogP contribution >= 0.6 is 0 Å². The predicted octanol–water partition coefficient (Wildman–Crippen LogP) is 4.18. The molecule has 0 spiro atoms. The Bertz CT molecular complexity index is 593. The van der Waals surface area contributed by atoms with Crippen molar-refractivity contribution in [3.05, 3.63) is 24.3 Å². The van der Waals surface area contributed by atoms with Crippen LogP contribution in [0.2, 0.25) is 0 Å². The summed E-state index contributed by atoms with van der Waals surface area (Å²) in [4.78, 5) is 0. The van der Waals surface area contributed by atoms with E-state index < -0.39 is 0 Å². The van der Waals surface area contributed by atoms with Crippen molar-refractivity contribution in [1.82, 2.24) is 0 Å². The SMILES string of the molecule is CCOc1ccc2c(OCC)c(OCC)ccc2c1[O]. The average Bonchev–Trinajstić information content (AvgIpc) is 2.45. The van der Waals surface area contributed by atoms with Gasteiger partial charge in [-0.15, -0.1) is 0 Å². The molecule has 4 heteroatoms. The lowest BCUT2D eigenvalue weighted by atomic mass is 10.1. The lowest BCUT2D eigenvalue weighted by Crippen LogP contribution is -1.99. The smallest absolute Gasteiger partial charge is 0.228 e. The van der Waals surface area contributed by atoms with Gasteiger partial charge >= 0.3 is 0 Å². The zero-order valence-corrected chi connectivity index (χ0v) is 12.1. The van der Waals surface area contributed by atoms with Crippen molar-refractivity contribution < 1.29 is 19.3 Å². The summed E-state index contributed by atoms with van der Waals surface area (Å²) in [5.41, 5.74) is 0. The molecular weight excluding hydrogens is 256 g/mol. The highest BCUT2D eigenvalue weighted by Gasteiger charge is 2.16. The van der Waals surface area contributed by atoms with Gasteiger partial charge in [-0.2, -0.15) is 0 Å². The van der Waals surface area contributed by atoms with Crippen LogP contribution in [0.4, 0.5) is 0 Å². The number of hydrogen-bond donors (Lipinski definition) is 0. The molecule has 0 saturated heterocycles. The number of ether oxygens (including phenoxy) is 3. The van der Waals surface area contributed by atoms with E-state index >= 15 is 0 Å². The van der Waals surface area contributed by atoms with Crippen molar-refractivity contribution in [1.29, 1.82) is 0 Å². The summed E-state index contributed by atoms with van der Waals surface area (Å²) in [6.07, 6.45) is 0. The van der Waals surface area contributed by atoms with E-state index in [9.17, 15) is 5.11 Å². The number of benzene rings is 2. The van der Waals surface area contributed by atoms with E-state index in [1.165, 1.54) is 0 Å². The summed E-state index contributed by atoms with van der Waals surface area (Å²) >= 11 is 0. The molecule has 0 atom stereocenters. The maximum atomic E-state index is 12.3. The molecule has 2 rings (SSSR count). The first-order chi connectivity index (χ1) is 9.72. The molecule has 0 unspecified atom stereocenters. The molecule has 4 nitrogen and oxygen atoms in total. The fourth-order valence-electron chi connectivity index (χ4n) is 2.14. The van der Waals surface area contributed by atoms with Gasteiger partial charge in [0.1, 0.15) is 0 Å². The molecule has 2 aromatic carbocycles. The largest absolute Gasteiger partial charge is 0.490 e. The molecular formula is C16H19O4. The summed E-state index contributed by atoms with van der Waals surface area (Å²) in [5.74, 6) is 1.53. The topological polar surface area (TPSA) is 47.6 Å². The highest BCUT2D eigenvalue weighted by atomic mass is 16.5. The Balaban J connectivity index is 2.62. The van der Waals surface area contributed by atoms with E-state index in [-0.39, 0.29) is 5.75 Å². The predicted molar refractivity (Wildman–Crippen MR) is 77.6 cm³/mol. The lowest BCUT2D eigenvalue weighted by molar-refractivity contribution is 0.287. The monoisotopic (exact) mass is 275 g/mol. The molecule has 1 radical (unpaired) electrons. The Morgan fingerprint density at radius 2 is 1.30 bits per heavy atom. The van der Waals surface area contributed by atoms with Crippen LogP contribution < -0.4 is 14.2 Å². The van der Waals surface area contributed by atoms with Crippen LogP contribution in [0.1, 0.15) is 20.8 Å². The Morgan fingerprint density at radius 3 is 1.95 bits per heavy atom. The second-order valence-corrected chi connectivity index (χ2v) is 4.18. The first kappa shape index (κ1) is 14.3. The zero-order valence-electron chi connectivity index (χ0n) is 12.1. The normalized spacial score (nSPS) is 10.6. The van der Waals surface area contributed by atoms with Crippen molar-refractivity contribution in [3.63, 3.8) is 0 Å². The Kier molecular flexibility index (Phi) is 4.56. The summed E-state index contributed by atoms with van der Waals surface area (Å²) in [7, 11) is 0. The van der Waals surface area contributed by atoms with Crippen molar-refractivity contribution >= 4 is 10.8 Å². The van der Waals surface area contributed by atoms with Crippen LogP contribution in [0.15, 0.2) is 24.3 Å². The van der Waals surface area contributed by atoms with Crippen LogP contribution in [0, 0.1) is 0 Å². The molecule has 0 aliphatic heterocycles. The first-order valence-electron chi connectivity index (χ1n) is 6.88. The van der Waals surface area contributed by atoms with E-state index in [0.29, 0.717) is 42.5 Å². The molecule has 0 amide bonds. The highest BCUT2D eigenvalue weighted by molar-refractivity contribution is 5.96. The molecule has 0 aliphatic carbocycles. The first-order valence-corrected chi connectivity index (χ1v) is 6.88. The van der Waals surface area contributed by atoms with Gasteiger partial charge in [0.25, 0.3) is 0 Å². The summed E-state index contributed by atoms with van der Waals surface area (Å²) in [6.45, 7) is 7.20. The van der Waals surface area contributed by atoms with E-state index in [0.717, 1.165) is 5.39 Å². The molecule has 107 valence electrons. The molecule has 0 aromatic heterocycles. The molecule has 0 saturated carbocycles. The quantitative estimate of drug-likeness (QED) is 0.794. The fraction of sp³-hybridized carbons (Fsp3) is 0.375. The summed E-state index contributed by atoms with van der Waals surface area (Å²) in [5, 5.41) is 13.7. The maximum Gasteiger partial charge on any atom is 0.228 e. The Morgan fingerprint density at radius 1 is 0.750 bits per heavy atom. The van der Waals surface area contributed by atoms with E-state index in [1.54, 1.807) is 18.2 Å². The third-order valence-electron chi connectivity index (χ3n) is 2.92. The zero-order chi connectivity index (χ0) is 14.5. The van der Waals surface area contributed by atoms with Gasteiger partial charge in [0.2, 0.25) is 5.75 Å². The Hall–Kier alpha value is -2.10. The minimum Gasteiger partial charge on any atom is -0.490 e. The van der Waals surface area contributed by atoms with Gasteiger partial charge in [-0.05, 0) is 45.0 Å². The van der Waals surface area contributed by atoms with Gasteiger partial charge in [-0.25, -0.2) is 0 Å². The van der Waals surface area contributed by atoms with Crippen LogP contribution in [0.25, 0.3) is 10.8 Å². The van der Waals surface area contributed by atoms with Gasteiger partial charge < -0.3 is 14.2 Å². The number of fused-ring (bicyclic) bond motifs is 1. The van der Waals surface area contributed by atoms with Crippen LogP contribution in [-0.4, -0.2) is 19.8 Å². The van der Waals surface area contributed by atoms with Gasteiger partial charge in [0.05, 0.1) is 19.8 Å². The lowest BCUT2D eigenvalue weighted by Gasteiger charge is -2.14. The minimum atomic E-state index is -0.117. The Labute approximate surface area is 118 Å². The molecule has 0 heterocycles. The van der Waals surface area contributed by atoms with Gasteiger partial charge in [-0.1, -0.05) is 0 Å². The van der Waals surface area contributed by atoms with Gasteiger partial charge in [0, 0.05) is 10.8 Å². The molecule has 0 fully saturated rings.